The Bertz CT molecular complexity index is 865. The second-order valence-corrected chi connectivity index (χ2v) is 9.46. The summed E-state index contributed by atoms with van der Waals surface area (Å²) >= 11 is 0. The zero-order chi connectivity index (χ0) is 20.4. The molecule has 1 amide bonds. The Morgan fingerprint density at radius 3 is 2.52 bits per heavy atom. The molecule has 0 N–H and O–H groups in total. The molecule has 2 aromatic rings. The summed E-state index contributed by atoms with van der Waals surface area (Å²) < 4.78 is 0. The number of hydrogen-bond donors (Lipinski definition) is 0. The molecular formula is C24H32N4O. The van der Waals surface area contributed by atoms with Crippen LogP contribution in [0.25, 0.3) is 0 Å². The average molecular weight is 393 g/mol. The highest BCUT2D eigenvalue weighted by Gasteiger charge is 2.27. The van der Waals surface area contributed by atoms with Crippen LogP contribution in [0.4, 0.5) is 5.82 Å². The van der Waals surface area contributed by atoms with Gasteiger partial charge in [0.05, 0.1) is 0 Å². The number of anilines is 1. The second-order valence-electron chi connectivity index (χ2n) is 9.46. The van der Waals surface area contributed by atoms with Crippen LogP contribution in [0, 0.1) is 5.92 Å². The SMILES string of the molecule is CC(C)(C)c1nccc(N2CCC(CC(=O)N3CCc4ccccc4C3)CC2)n1. The Balaban J connectivity index is 1.31. The number of nitrogens with zero attached hydrogens (tertiary/aromatic N) is 4. The number of rotatable bonds is 3. The molecule has 29 heavy (non-hydrogen) atoms. The highest BCUT2D eigenvalue weighted by atomic mass is 16.2. The van der Waals surface area contributed by atoms with Gasteiger partial charge in [0.15, 0.2) is 0 Å². The van der Waals surface area contributed by atoms with Crippen LogP contribution < -0.4 is 4.90 Å². The average Bonchev–Trinajstić information content (AvgIpc) is 2.73. The van der Waals surface area contributed by atoms with Gasteiger partial charge in [-0.2, -0.15) is 0 Å². The number of piperidine rings is 1. The van der Waals surface area contributed by atoms with Gasteiger partial charge in [0.2, 0.25) is 5.91 Å². The molecule has 0 spiro atoms. The predicted molar refractivity (Wildman–Crippen MR) is 116 cm³/mol. The molecule has 1 fully saturated rings. The molecule has 0 atom stereocenters. The minimum Gasteiger partial charge on any atom is -0.356 e. The van der Waals surface area contributed by atoms with E-state index in [1.54, 1.807) is 0 Å². The molecular weight excluding hydrogens is 360 g/mol. The Hall–Kier alpha value is -2.43. The predicted octanol–water partition coefficient (Wildman–Crippen LogP) is 3.97. The molecule has 4 rings (SSSR count). The van der Waals surface area contributed by atoms with E-state index in [1.165, 1.54) is 11.1 Å². The fraction of sp³-hybridized carbons (Fsp3) is 0.542. The normalized spacial score (nSPS) is 17.9. The van der Waals surface area contributed by atoms with Gasteiger partial charge < -0.3 is 9.80 Å². The van der Waals surface area contributed by atoms with Gasteiger partial charge in [0, 0.05) is 44.2 Å². The zero-order valence-corrected chi connectivity index (χ0v) is 17.9. The number of benzene rings is 1. The van der Waals surface area contributed by atoms with E-state index in [2.05, 4.69) is 59.8 Å². The molecule has 0 aliphatic carbocycles. The standard InChI is InChI=1S/C24H32N4O/c1-24(2,3)23-25-12-8-21(26-23)27-13-9-18(10-14-27)16-22(29)28-15-11-19-6-4-5-7-20(19)17-28/h4-8,12,18H,9-11,13-17H2,1-3H3. The maximum atomic E-state index is 12.9. The molecule has 5 heteroatoms. The molecule has 154 valence electrons. The van der Waals surface area contributed by atoms with E-state index in [9.17, 15) is 4.79 Å². The van der Waals surface area contributed by atoms with Crippen LogP contribution in [0.1, 0.15) is 57.0 Å². The minimum atomic E-state index is -0.0478. The van der Waals surface area contributed by atoms with Gasteiger partial charge in [-0.1, -0.05) is 45.0 Å². The van der Waals surface area contributed by atoms with Crippen molar-refractivity contribution in [3.63, 3.8) is 0 Å². The van der Waals surface area contributed by atoms with Crippen molar-refractivity contribution in [3.05, 3.63) is 53.5 Å². The van der Waals surface area contributed by atoms with E-state index in [4.69, 9.17) is 4.98 Å². The number of carbonyl (C=O) groups is 1. The van der Waals surface area contributed by atoms with Crippen molar-refractivity contribution in [2.75, 3.05) is 24.5 Å². The van der Waals surface area contributed by atoms with Crippen molar-refractivity contribution in [3.8, 4) is 0 Å². The van der Waals surface area contributed by atoms with Crippen molar-refractivity contribution in [1.82, 2.24) is 14.9 Å². The third-order valence-electron chi connectivity index (χ3n) is 6.20. The van der Waals surface area contributed by atoms with Crippen LogP contribution in [-0.2, 0) is 23.2 Å². The van der Waals surface area contributed by atoms with Crippen LogP contribution in [0.2, 0.25) is 0 Å². The van der Waals surface area contributed by atoms with Crippen LogP contribution in [0.5, 0.6) is 0 Å². The monoisotopic (exact) mass is 392 g/mol. The molecule has 1 aromatic carbocycles. The molecule has 0 saturated carbocycles. The highest BCUT2D eigenvalue weighted by molar-refractivity contribution is 5.76. The maximum absolute atomic E-state index is 12.9. The molecule has 1 aromatic heterocycles. The van der Waals surface area contributed by atoms with E-state index in [-0.39, 0.29) is 5.41 Å². The Labute approximate surface area is 174 Å². The van der Waals surface area contributed by atoms with Gasteiger partial charge in [-0.15, -0.1) is 0 Å². The van der Waals surface area contributed by atoms with Crippen molar-refractivity contribution in [2.24, 2.45) is 5.92 Å². The van der Waals surface area contributed by atoms with E-state index in [1.807, 2.05) is 12.3 Å². The largest absolute Gasteiger partial charge is 0.356 e. The molecule has 0 unspecified atom stereocenters. The molecule has 3 heterocycles. The zero-order valence-electron chi connectivity index (χ0n) is 17.9. The van der Waals surface area contributed by atoms with Crippen molar-refractivity contribution in [2.45, 2.75) is 58.4 Å². The number of amides is 1. The Morgan fingerprint density at radius 2 is 1.79 bits per heavy atom. The highest BCUT2D eigenvalue weighted by Crippen LogP contribution is 2.27. The van der Waals surface area contributed by atoms with Gasteiger partial charge >= 0.3 is 0 Å². The first-order chi connectivity index (χ1) is 13.9. The van der Waals surface area contributed by atoms with Crippen LogP contribution in [-0.4, -0.2) is 40.4 Å². The van der Waals surface area contributed by atoms with Crippen LogP contribution in [0.3, 0.4) is 0 Å². The number of hydrogen-bond acceptors (Lipinski definition) is 4. The van der Waals surface area contributed by atoms with Gasteiger partial charge in [-0.3, -0.25) is 4.79 Å². The second kappa shape index (κ2) is 8.13. The summed E-state index contributed by atoms with van der Waals surface area (Å²) in [4.78, 5) is 26.5. The van der Waals surface area contributed by atoms with Crippen LogP contribution in [0.15, 0.2) is 36.5 Å². The van der Waals surface area contributed by atoms with Gasteiger partial charge in [-0.25, -0.2) is 9.97 Å². The Morgan fingerprint density at radius 1 is 1.07 bits per heavy atom. The fourth-order valence-corrected chi connectivity index (χ4v) is 4.34. The topological polar surface area (TPSA) is 49.3 Å². The third kappa shape index (κ3) is 4.60. The number of fused-ring (bicyclic) bond motifs is 1. The fourth-order valence-electron chi connectivity index (χ4n) is 4.34. The first-order valence-corrected chi connectivity index (χ1v) is 10.8. The summed E-state index contributed by atoms with van der Waals surface area (Å²) in [5, 5.41) is 0. The van der Waals surface area contributed by atoms with Crippen molar-refractivity contribution >= 4 is 11.7 Å². The van der Waals surface area contributed by atoms with Crippen molar-refractivity contribution < 1.29 is 4.79 Å². The molecule has 2 aliphatic heterocycles. The first-order valence-electron chi connectivity index (χ1n) is 10.8. The molecule has 2 aliphatic rings. The van der Waals surface area contributed by atoms with Crippen LogP contribution >= 0.6 is 0 Å². The van der Waals surface area contributed by atoms with E-state index in [0.29, 0.717) is 18.2 Å². The van der Waals surface area contributed by atoms with Gasteiger partial charge in [0.25, 0.3) is 0 Å². The van der Waals surface area contributed by atoms with E-state index in [0.717, 1.165) is 57.1 Å². The quantitative estimate of drug-likeness (QED) is 0.793. The maximum Gasteiger partial charge on any atom is 0.223 e. The summed E-state index contributed by atoms with van der Waals surface area (Å²) in [5.41, 5.74) is 2.65. The summed E-state index contributed by atoms with van der Waals surface area (Å²) in [6, 6.07) is 10.5. The number of carbonyl (C=O) groups excluding carboxylic acids is 1. The first kappa shape index (κ1) is 19.9. The Kier molecular flexibility index (Phi) is 5.57. The third-order valence-corrected chi connectivity index (χ3v) is 6.20. The minimum absolute atomic E-state index is 0.0478. The summed E-state index contributed by atoms with van der Waals surface area (Å²) in [7, 11) is 0. The molecule has 5 nitrogen and oxygen atoms in total. The molecule has 1 saturated heterocycles. The summed E-state index contributed by atoms with van der Waals surface area (Å²) in [5.74, 6) is 2.69. The smallest absolute Gasteiger partial charge is 0.223 e. The lowest BCUT2D eigenvalue weighted by Crippen LogP contribution is -2.39. The lowest BCUT2D eigenvalue weighted by molar-refractivity contribution is -0.133. The lowest BCUT2D eigenvalue weighted by Gasteiger charge is -2.35. The molecule has 0 bridgehead atoms. The van der Waals surface area contributed by atoms with Crippen molar-refractivity contribution in [1.29, 1.82) is 0 Å². The van der Waals surface area contributed by atoms with Gasteiger partial charge in [-0.05, 0) is 42.4 Å². The van der Waals surface area contributed by atoms with Gasteiger partial charge in [0.1, 0.15) is 11.6 Å². The van der Waals surface area contributed by atoms with E-state index < -0.39 is 0 Å². The summed E-state index contributed by atoms with van der Waals surface area (Å²) in [6.45, 7) is 9.97. The lowest BCUT2D eigenvalue weighted by atomic mass is 9.92. The summed E-state index contributed by atoms with van der Waals surface area (Å²) in [6.07, 6.45) is 5.61. The molecule has 0 radical (unpaired) electrons. The number of aromatic nitrogens is 2. The van der Waals surface area contributed by atoms with E-state index >= 15 is 0 Å².